The zero-order chi connectivity index (χ0) is 31.3. The summed E-state index contributed by atoms with van der Waals surface area (Å²) in [7, 11) is 0. The summed E-state index contributed by atoms with van der Waals surface area (Å²) < 4.78 is 22.3. The highest BCUT2D eigenvalue weighted by molar-refractivity contribution is 6.09. The molecule has 3 nitrogen and oxygen atoms in total. The van der Waals surface area contributed by atoms with Gasteiger partial charge < -0.3 is 8.98 Å². The number of aromatic nitrogens is 2. The van der Waals surface area contributed by atoms with Gasteiger partial charge >= 0.3 is 0 Å². The number of hydrogen-bond acceptors (Lipinski definition) is 2. The van der Waals surface area contributed by atoms with Crippen molar-refractivity contribution in [2.45, 2.75) is 0 Å². The van der Waals surface area contributed by atoms with E-state index in [1.54, 1.807) is 12.1 Å². The molecule has 47 heavy (non-hydrogen) atoms. The number of nitrogens with zero attached hydrogens (tertiary/aromatic N) is 2. The van der Waals surface area contributed by atoms with Crippen LogP contribution >= 0.6 is 0 Å². The van der Waals surface area contributed by atoms with Gasteiger partial charge in [-0.1, -0.05) is 115 Å². The van der Waals surface area contributed by atoms with Crippen molar-refractivity contribution in [2.24, 2.45) is 0 Å². The summed E-state index contributed by atoms with van der Waals surface area (Å²) in [6.45, 7) is 0. The maximum Gasteiger partial charge on any atom is 0.227 e. The number of oxazole rings is 1. The Balaban J connectivity index is 1.09. The van der Waals surface area contributed by atoms with Crippen LogP contribution in [0.15, 0.2) is 168 Å². The molecule has 0 N–H and O–H groups in total. The third-order valence-electron chi connectivity index (χ3n) is 8.97. The van der Waals surface area contributed by atoms with Gasteiger partial charge in [0.05, 0.1) is 11.0 Å². The van der Waals surface area contributed by atoms with E-state index in [9.17, 15) is 4.39 Å². The number of benzene rings is 7. The van der Waals surface area contributed by atoms with E-state index in [-0.39, 0.29) is 5.58 Å². The molecule has 4 heteroatoms. The van der Waals surface area contributed by atoms with E-state index in [0.717, 1.165) is 39.1 Å². The molecular weight excluding hydrogens is 579 g/mol. The molecule has 0 aliphatic heterocycles. The van der Waals surface area contributed by atoms with E-state index in [0.29, 0.717) is 11.4 Å². The maximum atomic E-state index is 14.2. The molecule has 0 fully saturated rings. The minimum Gasteiger partial charge on any atom is -0.433 e. The molecule has 0 aliphatic rings. The van der Waals surface area contributed by atoms with E-state index < -0.39 is 5.82 Å². The Bertz CT molecular complexity index is 2520. The third kappa shape index (κ3) is 4.53. The summed E-state index contributed by atoms with van der Waals surface area (Å²) in [5.41, 5.74) is 11.8. The lowest BCUT2D eigenvalue weighted by molar-refractivity contribution is 0.564. The lowest BCUT2D eigenvalue weighted by Crippen LogP contribution is -1.94. The highest BCUT2D eigenvalue weighted by Crippen LogP contribution is 2.39. The fraction of sp³-hybridized carbons (Fsp3) is 0. The lowest BCUT2D eigenvalue weighted by atomic mass is 9.89. The lowest BCUT2D eigenvalue weighted by Gasteiger charge is -2.15. The zero-order valence-corrected chi connectivity index (χ0v) is 25.3. The number of fused-ring (bicyclic) bond motifs is 4. The summed E-state index contributed by atoms with van der Waals surface area (Å²) in [6, 6.07) is 56.0. The molecule has 0 aliphatic carbocycles. The van der Waals surface area contributed by atoms with Gasteiger partial charge in [-0.3, -0.25) is 0 Å². The van der Waals surface area contributed by atoms with Crippen LogP contribution in [-0.4, -0.2) is 9.55 Å². The van der Waals surface area contributed by atoms with Crippen molar-refractivity contribution in [2.75, 3.05) is 0 Å². The highest BCUT2D eigenvalue weighted by atomic mass is 19.1. The monoisotopic (exact) mass is 606 g/mol. The Labute approximate surface area is 270 Å². The fourth-order valence-corrected chi connectivity index (χ4v) is 6.76. The number of hydrogen-bond donors (Lipinski definition) is 0. The Kier molecular flexibility index (Phi) is 6.32. The van der Waals surface area contributed by atoms with Crippen LogP contribution in [-0.2, 0) is 0 Å². The van der Waals surface area contributed by atoms with Gasteiger partial charge in [-0.25, -0.2) is 9.37 Å². The van der Waals surface area contributed by atoms with Crippen molar-refractivity contribution < 1.29 is 8.81 Å². The molecule has 0 saturated carbocycles. The number of halogens is 1. The molecule has 7 aromatic carbocycles. The molecule has 0 bridgehead atoms. The second-order valence-electron chi connectivity index (χ2n) is 11.7. The predicted molar refractivity (Wildman–Crippen MR) is 190 cm³/mol. The first-order valence-electron chi connectivity index (χ1n) is 15.7. The van der Waals surface area contributed by atoms with Gasteiger partial charge in [0.2, 0.25) is 5.89 Å². The second-order valence-corrected chi connectivity index (χ2v) is 11.7. The standard InChI is InChI=1S/C43H27FN2O/c44-38-16-9-17-39-42(38)47-43(45-39)30-22-20-28(21-23-30)32-10-1-3-12-34(32)35-13-4-2-11-33(35)29-24-26-31(27-25-29)46-40-18-7-5-14-36(40)37-15-6-8-19-41(37)46/h1-27H. The number of rotatable bonds is 5. The van der Waals surface area contributed by atoms with E-state index >= 15 is 0 Å². The minimum absolute atomic E-state index is 0.177. The van der Waals surface area contributed by atoms with Crippen molar-refractivity contribution in [3.05, 3.63) is 170 Å². The quantitative estimate of drug-likeness (QED) is 0.195. The summed E-state index contributed by atoms with van der Waals surface area (Å²) >= 11 is 0. The molecular formula is C43H27FN2O. The first-order valence-corrected chi connectivity index (χ1v) is 15.7. The van der Waals surface area contributed by atoms with Crippen molar-refractivity contribution in [1.29, 1.82) is 0 Å². The van der Waals surface area contributed by atoms with Crippen molar-refractivity contribution in [1.82, 2.24) is 9.55 Å². The van der Waals surface area contributed by atoms with Crippen molar-refractivity contribution in [3.63, 3.8) is 0 Å². The minimum atomic E-state index is -0.410. The Morgan fingerprint density at radius 3 is 1.51 bits per heavy atom. The van der Waals surface area contributed by atoms with Gasteiger partial charge in [-0.15, -0.1) is 0 Å². The van der Waals surface area contributed by atoms with Gasteiger partial charge in [0, 0.05) is 22.0 Å². The second kappa shape index (κ2) is 11.0. The summed E-state index contributed by atoms with van der Waals surface area (Å²) in [4.78, 5) is 4.50. The first kappa shape index (κ1) is 27.1. The molecule has 0 amide bonds. The van der Waals surface area contributed by atoms with Gasteiger partial charge in [0.25, 0.3) is 0 Å². The van der Waals surface area contributed by atoms with Crippen LogP contribution < -0.4 is 0 Å². The van der Waals surface area contributed by atoms with Crippen LogP contribution in [0.5, 0.6) is 0 Å². The van der Waals surface area contributed by atoms with Crippen LogP contribution in [0.4, 0.5) is 4.39 Å². The SMILES string of the molecule is Fc1cccc2nc(-c3ccc(-c4ccccc4-c4ccccc4-c4ccc(-n5c6ccccc6c6ccccc65)cc4)cc3)oc12. The van der Waals surface area contributed by atoms with E-state index in [4.69, 9.17) is 4.42 Å². The molecule has 222 valence electrons. The Hall–Kier alpha value is -6.26. The Morgan fingerprint density at radius 2 is 0.936 bits per heavy atom. The van der Waals surface area contributed by atoms with Crippen molar-refractivity contribution in [3.8, 4) is 50.5 Å². The van der Waals surface area contributed by atoms with Crippen LogP contribution in [0.3, 0.4) is 0 Å². The van der Waals surface area contributed by atoms with Gasteiger partial charge in [-0.2, -0.15) is 0 Å². The van der Waals surface area contributed by atoms with Crippen molar-refractivity contribution >= 4 is 32.9 Å². The molecule has 0 saturated heterocycles. The van der Waals surface area contributed by atoms with Crippen LogP contribution in [0, 0.1) is 5.82 Å². The van der Waals surface area contributed by atoms with Gasteiger partial charge in [-0.05, 0) is 81.9 Å². The normalized spacial score (nSPS) is 11.5. The molecule has 0 radical (unpaired) electrons. The first-order chi connectivity index (χ1) is 23.2. The van der Waals surface area contributed by atoms with Crippen LogP contribution in [0.2, 0.25) is 0 Å². The molecule has 2 aromatic heterocycles. The average Bonchev–Trinajstić information content (AvgIpc) is 3.73. The number of para-hydroxylation sites is 3. The van der Waals surface area contributed by atoms with Gasteiger partial charge in [0.1, 0.15) is 5.52 Å². The zero-order valence-electron chi connectivity index (χ0n) is 25.3. The highest BCUT2D eigenvalue weighted by Gasteiger charge is 2.16. The predicted octanol–water partition coefficient (Wildman–Crippen LogP) is 11.7. The molecule has 2 heterocycles. The molecule has 0 unspecified atom stereocenters. The molecule has 0 atom stereocenters. The fourth-order valence-electron chi connectivity index (χ4n) is 6.76. The van der Waals surface area contributed by atoms with E-state index in [2.05, 4.69) is 143 Å². The summed E-state index contributed by atoms with van der Waals surface area (Å²) in [5.74, 6) is -0.00792. The topological polar surface area (TPSA) is 31.0 Å². The average molecular weight is 607 g/mol. The summed E-state index contributed by atoms with van der Waals surface area (Å²) in [5, 5.41) is 2.51. The largest absolute Gasteiger partial charge is 0.433 e. The Morgan fingerprint density at radius 1 is 0.447 bits per heavy atom. The maximum absolute atomic E-state index is 14.2. The van der Waals surface area contributed by atoms with E-state index in [1.165, 1.54) is 33.4 Å². The van der Waals surface area contributed by atoms with Crippen LogP contribution in [0.25, 0.3) is 83.4 Å². The molecule has 9 aromatic rings. The molecule has 9 rings (SSSR count). The van der Waals surface area contributed by atoms with Crippen LogP contribution in [0.1, 0.15) is 0 Å². The van der Waals surface area contributed by atoms with E-state index in [1.807, 2.05) is 12.1 Å². The van der Waals surface area contributed by atoms with Gasteiger partial charge in [0.15, 0.2) is 11.4 Å². The third-order valence-corrected chi connectivity index (χ3v) is 8.97. The smallest absolute Gasteiger partial charge is 0.227 e. The summed E-state index contributed by atoms with van der Waals surface area (Å²) in [6.07, 6.45) is 0. The molecule has 0 spiro atoms.